The molecule has 0 bridgehead atoms. The molecule has 2 rings (SSSR count). The fourth-order valence-electron chi connectivity index (χ4n) is 1.54. The second kappa shape index (κ2) is 5.14. The number of morpholine rings is 1. The van der Waals surface area contributed by atoms with Crippen molar-refractivity contribution < 1.29 is 13.2 Å². The van der Waals surface area contributed by atoms with Gasteiger partial charge in [0, 0.05) is 12.6 Å². The number of halogens is 1. The van der Waals surface area contributed by atoms with Gasteiger partial charge in [0.15, 0.2) is 9.84 Å². The molecule has 1 unspecified atom stereocenters. The molecular weight excluding hydrogens is 314 g/mol. The number of thiophene rings is 1. The predicted molar refractivity (Wildman–Crippen MR) is 66.7 cm³/mol. The highest BCUT2D eigenvalue weighted by atomic mass is 79.9. The van der Waals surface area contributed by atoms with E-state index in [1.807, 2.05) is 0 Å². The van der Waals surface area contributed by atoms with Crippen molar-refractivity contribution in [2.24, 2.45) is 0 Å². The number of hydrogen-bond donors (Lipinski definition) is 1. The molecular formula is C9H12BrNO3S2. The van der Waals surface area contributed by atoms with Crippen LogP contribution in [0, 0.1) is 0 Å². The Hall–Kier alpha value is 0.0500. The first-order chi connectivity index (χ1) is 7.58. The lowest BCUT2D eigenvalue weighted by Crippen LogP contribution is -2.45. The number of ether oxygens (including phenoxy) is 1. The minimum absolute atomic E-state index is 0.0972. The maximum atomic E-state index is 12.0. The predicted octanol–water partition coefficient (Wildman–Crippen LogP) is 1.27. The zero-order valence-corrected chi connectivity index (χ0v) is 11.7. The smallest absolute Gasteiger partial charge is 0.189 e. The van der Waals surface area contributed by atoms with Crippen LogP contribution in [0.4, 0.5) is 0 Å². The van der Waals surface area contributed by atoms with Crippen LogP contribution < -0.4 is 5.32 Å². The lowest BCUT2D eigenvalue weighted by Gasteiger charge is -2.23. The van der Waals surface area contributed by atoms with Crippen LogP contribution in [0.25, 0.3) is 0 Å². The van der Waals surface area contributed by atoms with Crippen molar-refractivity contribution in [1.82, 2.24) is 5.32 Å². The lowest BCUT2D eigenvalue weighted by atomic mass is 10.3. The molecule has 1 aromatic heterocycles. The van der Waals surface area contributed by atoms with E-state index in [4.69, 9.17) is 4.74 Å². The van der Waals surface area contributed by atoms with E-state index in [1.165, 1.54) is 11.3 Å². The van der Waals surface area contributed by atoms with Gasteiger partial charge in [0.25, 0.3) is 0 Å². The van der Waals surface area contributed by atoms with Gasteiger partial charge in [0.05, 0.1) is 22.8 Å². The van der Waals surface area contributed by atoms with Gasteiger partial charge < -0.3 is 10.1 Å². The number of hydrogen-bond acceptors (Lipinski definition) is 5. The molecule has 16 heavy (non-hydrogen) atoms. The van der Waals surface area contributed by atoms with Crippen LogP contribution in [0.2, 0.25) is 0 Å². The SMILES string of the molecule is O=S(=O)(CC1COCCN1)c1ccc(Br)s1. The monoisotopic (exact) mass is 325 g/mol. The lowest BCUT2D eigenvalue weighted by molar-refractivity contribution is 0.0832. The quantitative estimate of drug-likeness (QED) is 0.909. The summed E-state index contributed by atoms with van der Waals surface area (Å²) in [5.74, 6) is 0.0972. The Labute approximate surface area is 107 Å². The Bertz CT molecular complexity index is 451. The molecule has 1 aliphatic heterocycles. The average Bonchev–Trinajstić information content (AvgIpc) is 2.66. The van der Waals surface area contributed by atoms with Crippen LogP contribution in [0.5, 0.6) is 0 Å². The van der Waals surface area contributed by atoms with E-state index in [1.54, 1.807) is 12.1 Å². The second-order valence-corrected chi connectivity index (χ2v) is 8.29. The highest BCUT2D eigenvalue weighted by Crippen LogP contribution is 2.27. The Morgan fingerprint density at radius 2 is 2.38 bits per heavy atom. The third-order valence-corrected chi connectivity index (χ3v) is 6.29. The summed E-state index contributed by atoms with van der Waals surface area (Å²) in [5.41, 5.74) is 0. The van der Waals surface area contributed by atoms with Gasteiger partial charge in [-0.2, -0.15) is 0 Å². The van der Waals surface area contributed by atoms with E-state index >= 15 is 0 Å². The second-order valence-electron chi connectivity index (χ2n) is 3.57. The van der Waals surface area contributed by atoms with Crippen molar-refractivity contribution in [1.29, 1.82) is 0 Å². The summed E-state index contributed by atoms with van der Waals surface area (Å²) >= 11 is 4.51. The van der Waals surface area contributed by atoms with Crippen LogP contribution in [0.15, 0.2) is 20.1 Å². The topological polar surface area (TPSA) is 55.4 Å². The molecule has 1 aromatic rings. The number of sulfone groups is 1. The van der Waals surface area contributed by atoms with Crippen molar-refractivity contribution in [3.63, 3.8) is 0 Å². The maximum absolute atomic E-state index is 12.0. The molecule has 2 heterocycles. The van der Waals surface area contributed by atoms with Crippen LogP contribution in [0.1, 0.15) is 0 Å². The van der Waals surface area contributed by atoms with Crippen molar-refractivity contribution in [3.05, 3.63) is 15.9 Å². The largest absolute Gasteiger partial charge is 0.378 e. The van der Waals surface area contributed by atoms with E-state index in [-0.39, 0.29) is 11.8 Å². The van der Waals surface area contributed by atoms with Crippen LogP contribution in [-0.2, 0) is 14.6 Å². The number of nitrogens with one attached hydrogen (secondary N) is 1. The zero-order chi connectivity index (χ0) is 11.6. The third kappa shape index (κ3) is 3.04. The van der Waals surface area contributed by atoms with Crippen LogP contribution >= 0.6 is 27.3 Å². The molecule has 1 aliphatic rings. The third-order valence-electron chi connectivity index (χ3n) is 2.27. The van der Waals surface area contributed by atoms with Crippen molar-refractivity contribution in [2.45, 2.75) is 10.3 Å². The van der Waals surface area contributed by atoms with E-state index in [0.29, 0.717) is 24.0 Å². The standard InChI is InChI=1S/C9H12BrNO3S2/c10-8-1-2-9(15-8)16(12,13)6-7-5-14-4-3-11-7/h1-2,7,11H,3-6H2. The van der Waals surface area contributed by atoms with Gasteiger partial charge in [0.2, 0.25) is 0 Å². The molecule has 0 aliphatic carbocycles. The van der Waals surface area contributed by atoms with Gasteiger partial charge in [-0.05, 0) is 28.1 Å². The van der Waals surface area contributed by atoms with Gasteiger partial charge in [-0.1, -0.05) is 0 Å². The summed E-state index contributed by atoms with van der Waals surface area (Å²) < 4.78 is 30.5. The van der Waals surface area contributed by atoms with E-state index in [9.17, 15) is 8.42 Å². The Balaban J connectivity index is 2.07. The maximum Gasteiger partial charge on any atom is 0.189 e. The first-order valence-corrected chi connectivity index (χ1v) is 8.13. The minimum Gasteiger partial charge on any atom is -0.378 e. The van der Waals surface area contributed by atoms with E-state index < -0.39 is 9.84 Å². The van der Waals surface area contributed by atoms with Crippen molar-refractivity contribution in [3.8, 4) is 0 Å². The molecule has 1 saturated heterocycles. The summed E-state index contributed by atoms with van der Waals surface area (Å²) in [6.45, 7) is 1.83. The molecule has 0 saturated carbocycles. The van der Waals surface area contributed by atoms with Gasteiger partial charge in [-0.15, -0.1) is 11.3 Å². The molecule has 1 fully saturated rings. The van der Waals surface area contributed by atoms with Crippen molar-refractivity contribution in [2.75, 3.05) is 25.5 Å². The first kappa shape index (κ1) is 12.5. The minimum atomic E-state index is -3.19. The highest BCUT2D eigenvalue weighted by molar-refractivity contribution is 9.11. The molecule has 0 amide bonds. The van der Waals surface area contributed by atoms with E-state index in [0.717, 1.165) is 3.79 Å². The zero-order valence-electron chi connectivity index (χ0n) is 8.48. The molecule has 7 heteroatoms. The highest BCUT2D eigenvalue weighted by Gasteiger charge is 2.24. The Morgan fingerprint density at radius 3 is 2.94 bits per heavy atom. The van der Waals surface area contributed by atoms with E-state index in [2.05, 4.69) is 21.2 Å². The summed E-state index contributed by atoms with van der Waals surface area (Å²) in [7, 11) is -3.19. The molecule has 1 atom stereocenters. The van der Waals surface area contributed by atoms with Crippen molar-refractivity contribution >= 4 is 37.1 Å². The summed E-state index contributed by atoms with van der Waals surface area (Å²) in [5, 5.41) is 3.14. The fraction of sp³-hybridized carbons (Fsp3) is 0.556. The Morgan fingerprint density at radius 1 is 1.56 bits per heavy atom. The molecule has 90 valence electrons. The molecule has 4 nitrogen and oxygen atoms in total. The fourth-order valence-corrected chi connectivity index (χ4v) is 5.14. The molecule has 0 spiro atoms. The van der Waals surface area contributed by atoms with Crippen LogP contribution in [-0.4, -0.2) is 40.0 Å². The number of rotatable bonds is 3. The first-order valence-electron chi connectivity index (χ1n) is 4.87. The van der Waals surface area contributed by atoms with Gasteiger partial charge in [-0.3, -0.25) is 0 Å². The van der Waals surface area contributed by atoms with Gasteiger partial charge >= 0.3 is 0 Å². The normalized spacial score (nSPS) is 22.2. The Kier molecular flexibility index (Phi) is 4.01. The molecule has 0 radical (unpaired) electrons. The summed E-state index contributed by atoms with van der Waals surface area (Å²) in [6, 6.07) is 3.29. The summed E-state index contributed by atoms with van der Waals surface area (Å²) in [4.78, 5) is 0. The van der Waals surface area contributed by atoms with Gasteiger partial charge in [-0.25, -0.2) is 8.42 Å². The molecule has 1 N–H and O–H groups in total. The molecule has 0 aromatic carbocycles. The summed E-state index contributed by atoms with van der Waals surface area (Å²) in [6.07, 6.45) is 0. The van der Waals surface area contributed by atoms with Gasteiger partial charge in [0.1, 0.15) is 4.21 Å². The average molecular weight is 326 g/mol. The van der Waals surface area contributed by atoms with Crippen LogP contribution in [0.3, 0.4) is 0 Å².